The zero-order valence-electron chi connectivity index (χ0n) is 12.2. The van der Waals surface area contributed by atoms with Crippen molar-refractivity contribution in [3.8, 4) is 5.88 Å². The Kier molecular flexibility index (Phi) is 3.85. The molecule has 0 N–H and O–H groups in total. The zero-order valence-corrected chi connectivity index (χ0v) is 12.2. The van der Waals surface area contributed by atoms with Crippen LogP contribution in [0.15, 0.2) is 18.2 Å². The second-order valence-electron chi connectivity index (χ2n) is 6.77. The lowest BCUT2D eigenvalue weighted by atomic mass is 9.65. The summed E-state index contributed by atoms with van der Waals surface area (Å²) in [7, 11) is 1.66. The van der Waals surface area contributed by atoms with E-state index in [1.54, 1.807) is 7.11 Å². The average Bonchev–Trinajstić information content (AvgIpc) is 2.13. The van der Waals surface area contributed by atoms with Crippen molar-refractivity contribution in [3.05, 3.63) is 23.9 Å². The van der Waals surface area contributed by atoms with Crippen LogP contribution < -0.4 is 4.74 Å². The highest BCUT2D eigenvalue weighted by Crippen LogP contribution is 2.46. The molecule has 0 fully saturated rings. The minimum atomic E-state index is 0.178. The number of rotatable bonds is 2. The van der Waals surface area contributed by atoms with Crippen LogP contribution in [0.1, 0.15) is 53.2 Å². The maximum absolute atomic E-state index is 5.22. The maximum Gasteiger partial charge on any atom is 0.213 e. The molecule has 0 bridgehead atoms. The lowest BCUT2D eigenvalue weighted by molar-refractivity contribution is 0.171. The Morgan fingerprint density at radius 3 is 1.94 bits per heavy atom. The first-order valence-electron chi connectivity index (χ1n) is 6.17. The first-order valence-corrected chi connectivity index (χ1v) is 6.17. The first kappa shape index (κ1) is 14.0. The lowest BCUT2D eigenvalue weighted by Crippen LogP contribution is -2.31. The third kappa shape index (κ3) is 3.45. The fourth-order valence-electron chi connectivity index (χ4n) is 2.89. The van der Waals surface area contributed by atoms with Crippen LogP contribution >= 0.6 is 0 Å². The van der Waals surface area contributed by atoms with Crippen molar-refractivity contribution < 1.29 is 4.74 Å². The molecule has 17 heavy (non-hydrogen) atoms. The molecule has 0 aliphatic heterocycles. The number of pyridine rings is 1. The Morgan fingerprint density at radius 1 is 1.00 bits per heavy atom. The van der Waals surface area contributed by atoms with Crippen LogP contribution in [-0.4, -0.2) is 12.1 Å². The molecule has 0 aliphatic carbocycles. The molecule has 1 heterocycles. The van der Waals surface area contributed by atoms with Crippen LogP contribution in [0.4, 0.5) is 0 Å². The van der Waals surface area contributed by atoms with Crippen molar-refractivity contribution >= 4 is 0 Å². The molecule has 0 saturated heterocycles. The summed E-state index contributed by atoms with van der Waals surface area (Å²) in [6.07, 6.45) is 0. The van der Waals surface area contributed by atoms with Crippen molar-refractivity contribution in [3.63, 3.8) is 0 Å². The third-order valence-corrected chi connectivity index (χ3v) is 2.98. The molecule has 1 rings (SSSR count). The summed E-state index contributed by atoms with van der Waals surface area (Å²) < 4.78 is 5.22. The highest BCUT2D eigenvalue weighted by atomic mass is 16.5. The van der Waals surface area contributed by atoms with E-state index >= 15 is 0 Å². The van der Waals surface area contributed by atoms with E-state index < -0.39 is 0 Å². The van der Waals surface area contributed by atoms with Gasteiger partial charge in [-0.05, 0) is 16.9 Å². The molecule has 0 saturated carbocycles. The van der Waals surface area contributed by atoms with Gasteiger partial charge >= 0.3 is 0 Å². The maximum atomic E-state index is 5.22. The Bertz CT molecular complexity index is 357. The molecule has 0 spiro atoms. The fourth-order valence-corrected chi connectivity index (χ4v) is 2.89. The summed E-state index contributed by atoms with van der Waals surface area (Å²) in [6, 6.07) is 6.02. The molecule has 1 aromatic heterocycles. The molecule has 1 aromatic rings. The molecule has 2 heteroatoms. The van der Waals surface area contributed by atoms with E-state index in [0.717, 1.165) is 5.69 Å². The Labute approximate surface area is 105 Å². The molecule has 2 nitrogen and oxygen atoms in total. The second-order valence-corrected chi connectivity index (χ2v) is 6.77. The summed E-state index contributed by atoms with van der Waals surface area (Å²) in [5.74, 6) is 1.09. The van der Waals surface area contributed by atoms with Gasteiger partial charge in [-0.3, -0.25) is 0 Å². The van der Waals surface area contributed by atoms with Crippen LogP contribution in [0.2, 0.25) is 0 Å². The Balaban J connectivity index is 3.23. The van der Waals surface area contributed by atoms with E-state index in [9.17, 15) is 0 Å². The minimum absolute atomic E-state index is 0.178. The summed E-state index contributed by atoms with van der Waals surface area (Å²) in [4.78, 5) is 4.60. The van der Waals surface area contributed by atoms with Gasteiger partial charge in [0.1, 0.15) is 0 Å². The van der Waals surface area contributed by atoms with E-state index in [1.165, 1.54) is 0 Å². The molecule has 0 amide bonds. The van der Waals surface area contributed by atoms with Gasteiger partial charge in [-0.2, -0.15) is 0 Å². The SMILES string of the molecule is COc1cccc(C(C(C)(C)C)C(C)(C)C)n1. The molecule has 0 unspecified atom stereocenters. The van der Waals surface area contributed by atoms with E-state index in [-0.39, 0.29) is 10.8 Å². The number of nitrogens with zero attached hydrogens (tertiary/aromatic N) is 1. The normalized spacial score (nSPS) is 12.9. The van der Waals surface area contributed by atoms with Gasteiger partial charge in [-0.25, -0.2) is 4.98 Å². The molecule has 0 aliphatic rings. The van der Waals surface area contributed by atoms with Gasteiger partial charge in [-0.1, -0.05) is 47.6 Å². The van der Waals surface area contributed by atoms with E-state index in [2.05, 4.69) is 52.6 Å². The van der Waals surface area contributed by atoms with Gasteiger partial charge in [-0.15, -0.1) is 0 Å². The largest absolute Gasteiger partial charge is 0.481 e. The minimum Gasteiger partial charge on any atom is -0.481 e. The number of aromatic nitrogens is 1. The smallest absolute Gasteiger partial charge is 0.213 e. The third-order valence-electron chi connectivity index (χ3n) is 2.98. The van der Waals surface area contributed by atoms with Crippen molar-refractivity contribution in [1.29, 1.82) is 0 Å². The Morgan fingerprint density at radius 2 is 1.53 bits per heavy atom. The summed E-state index contributed by atoms with van der Waals surface area (Å²) >= 11 is 0. The van der Waals surface area contributed by atoms with Crippen molar-refractivity contribution in [2.45, 2.75) is 47.5 Å². The number of ether oxygens (including phenoxy) is 1. The number of methoxy groups -OCH3 is 1. The topological polar surface area (TPSA) is 22.1 Å². The van der Waals surface area contributed by atoms with Crippen LogP contribution in [0.25, 0.3) is 0 Å². The van der Waals surface area contributed by atoms with Gasteiger partial charge in [0.25, 0.3) is 0 Å². The fraction of sp³-hybridized carbons (Fsp3) is 0.667. The first-order chi connectivity index (χ1) is 7.66. The van der Waals surface area contributed by atoms with Crippen molar-refractivity contribution in [1.82, 2.24) is 4.98 Å². The van der Waals surface area contributed by atoms with Gasteiger partial charge in [0.05, 0.1) is 7.11 Å². The summed E-state index contributed by atoms with van der Waals surface area (Å²) in [5, 5.41) is 0. The summed E-state index contributed by atoms with van der Waals surface area (Å²) in [6.45, 7) is 13.6. The van der Waals surface area contributed by atoms with Crippen LogP contribution in [0, 0.1) is 10.8 Å². The van der Waals surface area contributed by atoms with Gasteiger partial charge in [0, 0.05) is 17.7 Å². The van der Waals surface area contributed by atoms with Gasteiger partial charge < -0.3 is 4.74 Å². The van der Waals surface area contributed by atoms with Crippen LogP contribution in [0.3, 0.4) is 0 Å². The number of hydrogen-bond acceptors (Lipinski definition) is 2. The standard InChI is InChI=1S/C15H25NO/c1-14(2,3)13(15(4,5)6)11-9-8-10-12(16-11)17-7/h8-10,13H,1-7H3. The predicted molar refractivity (Wildman–Crippen MR) is 72.4 cm³/mol. The molecule has 96 valence electrons. The lowest BCUT2D eigenvalue weighted by Gasteiger charge is -2.40. The van der Waals surface area contributed by atoms with Gasteiger partial charge in [0.15, 0.2) is 0 Å². The molecule has 0 radical (unpaired) electrons. The molecular weight excluding hydrogens is 210 g/mol. The van der Waals surface area contributed by atoms with Crippen LogP contribution in [0.5, 0.6) is 5.88 Å². The van der Waals surface area contributed by atoms with E-state index in [4.69, 9.17) is 4.74 Å². The molecule has 0 aromatic carbocycles. The van der Waals surface area contributed by atoms with Crippen molar-refractivity contribution in [2.24, 2.45) is 10.8 Å². The molecule has 0 atom stereocenters. The highest BCUT2D eigenvalue weighted by molar-refractivity contribution is 5.21. The van der Waals surface area contributed by atoms with Gasteiger partial charge in [0.2, 0.25) is 5.88 Å². The Hall–Kier alpha value is -1.05. The van der Waals surface area contributed by atoms with E-state index in [0.29, 0.717) is 11.8 Å². The highest BCUT2D eigenvalue weighted by Gasteiger charge is 2.37. The number of hydrogen-bond donors (Lipinski definition) is 0. The second kappa shape index (κ2) is 4.67. The summed E-state index contributed by atoms with van der Waals surface area (Å²) in [5.41, 5.74) is 1.47. The van der Waals surface area contributed by atoms with E-state index in [1.807, 2.05) is 12.1 Å². The quantitative estimate of drug-likeness (QED) is 0.764. The van der Waals surface area contributed by atoms with Crippen LogP contribution in [-0.2, 0) is 0 Å². The predicted octanol–water partition coefficient (Wildman–Crippen LogP) is 4.27. The average molecular weight is 235 g/mol. The zero-order chi connectivity index (χ0) is 13.3. The molecular formula is C15H25NO. The van der Waals surface area contributed by atoms with Crippen molar-refractivity contribution in [2.75, 3.05) is 7.11 Å². The monoisotopic (exact) mass is 235 g/mol.